The topological polar surface area (TPSA) is 44.2 Å². The van der Waals surface area contributed by atoms with Crippen molar-refractivity contribution in [1.29, 1.82) is 0 Å². The average Bonchev–Trinajstić information content (AvgIpc) is 3.11. The first-order chi connectivity index (χ1) is 11.2. The number of aromatic nitrogens is 2. The average molecular weight is 344 g/mol. The molecular weight excluding hydrogens is 328 g/mol. The number of nitrogens with zero attached hydrogens (tertiary/aromatic N) is 2. The monoisotopic (exact) mass is 344 g/mol. The van der Waals surface area contributed by atoms with E-state index in [9.17, 15) is 0 Å². The van der Waals surface area contributed by atoms with Crippen LogP contribution in [0.1, 0.15) is 0 Å². The van der Waals surface area contributed by atoms with Crippen LogP contribution in [0.25, 0.3) is 21.8 Å². The predicted octanol–water partition coefficient (Wildman–Crippen LogP) is 4.61. The zero-order valence-electron chi connectivity index (χ0n) is 13.1. The lowest BCUT2D eigenvalue weighted by atomic mass is 10.1. The van der Waals surface area contributed by atoms with Crippen molar-refractivity contribution in [3.63, 3.8) is 0 Å². The lowest BCUT2D eigenvalue weighted by molar-refractivity contribution is 0.355. The van der Waals surface area contributed by atoms with Gasteiger partial charge in [0.2, 0.25) is 0 Å². The number of hydrogen-bond donors (Lipinski definition) is 0. The van der Waals surface area contributed by atoms with Gasteiger partial charge in [0.15, 0.2) is 11.5 Å². The van der Waals surface area contributed by atoms with Crippen LogP contribution in [-0.4, -0.2) is 30.4 Å². The Bertz CT molecular complexity index is 818. The van der Waals surface area contributed by atoms with Crippen molar-refractivity contribution in [2.75, 3.05) is 20.5 Å². The Morgan fingerprint density at radius 3 is 2.57 bits per heavy atom. The Morgan fingerprint density at radius 1 is 1.00 bits per heavy atom. The minimum absolute atomic E-state index is 0.702. The molecule has 0 aliphatic rings. The first-order valence-corrected chi connectivity index (χ1v) is 9.04. The van der Waals surface area contributed by atoms with E-state index in [0.717, 1.165) is 26.9 Å². The molecule has 3 aromatic rings. The Kier molecular flexibility index (Phi) is 4.83. The van der Waals surface area contributed by atoms with E-state index in [2.05, 4.69) is 16.4 Å². The highest BCUT2D eigenvalue weighted by atomic mass is 32.2. The van der Waals surface area contributed by atoms with Crippen molar-refractivity contribution < 1.29 is 9.47 Å². The third kappa shape index (κ3) is 3.33. The molecule has 0 saturated carbocycles. The fourth-order valence-electron chi connectivity index (χ4n) is 2.19. The van der Waals surface area contributed by atoms with Gasteiger partial charge in [0.1, 0.15) is 5.01 Å². The summed E-state index contributed by atoms with van der Waals surface area (Å²) in [6.07, 6.45) is 3.83. The maximum absolute atomic E-state index is 5.36. The van der Waals surface area contributed by atoms with Crippen LogP contribution in [0.2, 0.25) is 0 Å². The molecule has 2 heterocycles. The van der Waals surface area contributed by atoms with Gasteiger partial charge < -0.3 is 9.47 Å². The summed E-state index contributed by atoms with van der Waals surface area (Å²) in [5.41, 5.74) is 3.01. The minimum atomic E-state index is 0.702. The highest BCUT2D eigenvalue weighted by molar-refractivity contribution is 7.98. The number of ether oxygens (including phenoxy) is 2. The first kappa shape index (κ1) is 15.8. The van der Waals surface area contributed by atoms with E-state index in [1.807, 2.05) is 36.7 Å². The van der Waals surface area contributed by atoms with Gasteiger partial charge in [0.25, 0.3) is 0 Å². The van der Waals surface area contributed by atoms with Gasteiger partial charge in [0.05, 0.1) is 24.9 Å². The van der Waals surface area contributed by atoms with Gasteiger partial charge in [-0.15, -0.1) is 23.1 Å². The second-order valence-corrected chi connectivity index (χ2v) is 6.38. The molecule has 4 nitrogen and oxygen atoms in total. The summed E-state index contributed by atoms with van der Waals surface area (Å²) in [6.45, 7) is 0. The lowest BCUT2D eigenvalue weighted by Crippen LogP contribution is -1.91. The molecule has 0 bridgehead atoms. The van der Waals surface area contributed by atoms with Gasteiger partial charge in [0, 0.05) is 22.7 Å². The van der Waals surface area contributed by atoms with Gasteiger partial charge in [-0.3, -0.25) is 0 Å². The fraction of sp³-hybridized carbons (Fsp3) is 0.176. The third-order valence-corrected chi connectivity index (χ3v) is 4.91. The molecular formula is C17H16N2O2S2. The summed E-state index contributed by atoms with van der Waals surface area (Å²) >= 11 is 3.25. The first-order valence-electron chi connectivity index (χ1n) is 6.93. The molecule has 23 heavy (non-hydrogen) atoms. The third-order valence-electron chi connectivity index (χ3n) is 3.37. The molecule has 0 aliphatic heterocycles. The number of thioether (sulfide) groups is 1. The zero-order valence-corrected chi connectivity index (χ0v) is 14.7. The van der Waals surface area contributed by atoms with E-state index in [0.29, 0.717) is 11.5 Å². The second kappa shape index (κ2) is 7.02. The summed E-state index contributed by atoms with van der Waals surface area (Å²) in [6, 6.07) is 9.86. The van der Waals surface area contributed by atoms with E-state index < -0.39 is 0 Å². The molecule has 0 fully saturated rings. The summed E-state index contributed by atoms with van der Waals surface area (Å²) < 4.78 is 10.6. The number of thiazole rings is 1. The predicted molar refractivity (Wildman–Crippen MR) is 95.7 cm³/mol. The van der Waals surface area contributed by atoms with E-state index in [4.69, 9.17) is 14.5 Å². The van der Waals surface area contributed by atoms with Crippen molar-refractivity contribution >= 4 is 23.1 Å². The molecule has 0 aliphatic carbocycles. The van der Waals surface area contributed by atoms with Gasteiger partial charge in [-0.2, -0.15) is 0 Å². The molecule has 0 atom stereocenters. The number of rotatable bonds is 5. The van der Waals surface area contributed by atoms with Crippen LogP contribution in [0, 0.1) is 0 Å². The number of pyridine rings is 1. The van der Waals surface area contributed by atoms with E-state index >= 15 is 0 Å². The second-order valence-electron chi connectivity index (χ2n) is 4.69. The van der Waals surface area contributed by atoms with E-state index in [1.165, 1.54) is 0 Å². The van der Waals surface area contributed by atoms with Gasteiger partial charge in [-0.25, -0.2) is 9.97 Å². The van der Waals surface area contributed by atoms with Gasteiger partial charge >= 0.3 is 0 Å². The Balaban J connectivity index is 1.95. The summed E-state index contributed by atoms with van der Waals surface area (Å²) in [4.78, 5) is 9.04. The molecule has 0 N–H and O–H groups in total. The molecule has 0 radical (unpaired) electrons. The Morgan fingerprint density at radius 2 is 1.83 bits per heavy atom. The van der Waals surface area contributed by atoms with E-state index in [-0.39, 0.29) is 0 Å². The van der Waals surface area contributed by atoms with Crippen LogP contribution in [0.4, 0.5) is 0 Å². The normalized spacial score (nSPS) is 10.6. The molecule has 0 unspecified atom stereocenters. The Hall–Kier alpha value is -2.05. The largest absolute Gasteiger partial charge is 0.493 e. The van der Waals surface area contributed by atoms with Crippen LogP contribution in [0.3, 0.4) is 0 Å². The zero-order chi connectivity index (χ0) is 16.2. The highest BCUT2D eigenvalue weighted by Crippen LogP contribution is 2.34. The number of hydrogen-bond acceptors (Lipinski definition) is 6. The van der Waals surface area contributed by atoms with Gasteiger partial charge in [-0.05, 0) is 36.6 Å². The number of methoxy groups -OCH3 is 2. The minimum Gasteiger partial charge on any atom is -0.493 e. The molecule has 118 valence electrons. The molecule has 6 heteroatoms. The summed E-state index contributed by atoms with van der Waals surface area (Å²) in [7, 11) is 3.26. The summed E-state index contributed by atoms with van der Waals surface area (Å²) in [5, 5.41) is 4.02. The van der Waals surface area contributed by atoms with Crippen LogP contribution in [0.5, 0.6) is 11.5 Å². The van der Waals surface area contributed by atoms with Crippen LogP contribution >= 0.6 is 23.1 Å². The summed E-state index contributed by atoms with van der Waals surface area (Å²) in [5.74, 6) is 1.42. The Labute approximate surface area is 143 Å². The van der Waals surface area contributed by atoms with Crippen molar-refractivity contribution in [2.45, 2.75) is 5.03 Å². The molecule has 0 spiro atoms. The van der Waals surface area contributed by atoms with Crippen molar-refractivity contribution in [1.82, 2.24) is 9.97 Å². The van der Waals surface area contributed by atoms with Gasteiger partial charge in [-0.1, -0.05) is 0 Å². The van der Waals surface area contributed by atoms with Crippen LogP contribution in [0.15, 0.2) is 46.9 Å². The smallest absolute Gasteiger partial charge is 0.161 e. The SMILES string of the molecule is COc1ccc(-c2csc(-c3ccnc(SC)c3)n2)cc1OC. The van der Waals surface area contributed by atoms with Crippen molar-refractivity contribution in [3.05, 3.63) is 41.9 Å². The maximum Gasteiger partial charge on any atom is 0.161 e. The number of benzene rings is 1. The van der Waals surface area contributed by atoms with Crippen molar-refractivity contribution in [3.8, 4) is 33.3 Å². The van der Waals surface area contributed by atoms with E-state index in [1.54, 1.807) is 37.3 Å². The van der Waals surface area contributed by atoms with Crippen molar-refractivity contribution in [2.24, 2.45) is 0 Å². The molecule has 1 aromatic carbocycles. The molecule has 0 saturated heterocycles. The highest BCUT2D eigenvalue weighted by Gasteiger charge is 2.10. The van der Waals surface area contributed by atoms with Crippen LogP contribution in [-0.2, 0) is 0 Å². The maximum atomic E-state index is 5.36. The molecule has 0 amide bonds. The molecule has 3 rings (SSSR count). The lowest BCUT2D eigenvalue weighted by Gasteiger charge is -2.08. The molecule has 2 aromatic heterocycles. The van der Waals surface area contributed by atoms with Crippen LogP contribution < -0.4 is 9.47 Å². The standard InChI is InChI=1S/C17H16N2O2S2/c1-20-14-5-4-11(8-15(14)21-2)13-10-23-17(19-13)12-6-7-18-16(9-12)22-3/h4-10H,1-3H3. The fourth-order valence-corrected chi connectivity index (χ4v) is 3.43. The quantitative estimate of drug-likeness (QED) is 0.632.